The molecule has 0 unspecified atom stereocenters. The number of hydrogen-bond donors (Lipinski definition) is 1. The molecule has 0 fully saturated rings. The smallest absolute Gasteiger partial charge is 0.128 e. The van der Waals surface area contributed by atoms with Crippen LogP contribution in [0.1, 0.15) is 32.4 Å². The SMILES string of the molecule is C=CCN(c1ccc([C@@H](C)N)cn1)C(C)C. The summed E-state index contributed by atoms with van der Waals surface area (Å²) in [6.45, 7) is 10.8. The number of hydrogen-bond acceptors (Lipinski definition) is 3. The zero-order chi connectivity index (χ0) is 12.1. The van der Waals surface area contributed by atoms with Crippen LogP contribution >= 0.6 is 0 Å². The van der Waals surface area contributed by atoms with Gasteiger partial charge in [-0.1, -0.05) is 12.1 Å². The van der Waals surface area contributed by atoms with Crippen LogP contribution in [-0.2, 0) is 0 Å². The molecule has 0 bridgehead atoms. The minimum atomic E-state index is 0.0356. The zero-order valence-corrected chi connectivity index (χ0v) is 10.4. The second kappa shape index (κ2) is 5.66. The van der Waals surface area contributed by atoms with E-state index in [9.17, 15) is 0 Å². The summed E-state index contributed by atoms with van der Waals surface area (Å²) >= 11 is 0. The van der Waals surface area contributed by atoms with Crippen molar-refractivity contribution < 1.29 is 0 Å². The zero-order valence-electron chi connectivity index (χ0n) is 10.4. The van der Waals surface area contributed by atoms with E-state index in [2.05, 4.69) is 30.3 Å². The predicted octanol–water partition coefficient (Wildman–Crippen LogP) is 2.50. The van der Waals surface area contributed by atoms with Crippen molar-refractivity contribution in [1.82, 2.24) is 4.98 Å². The molecular formula is C13H21N3. The molecule has 1 aromatic rings. The predicted molar refractivity (Wildman–Crippen MR) is 69.5 cm³/mol. The van der Waals surface area contributed by atoms with Gasteiger partial charge in [-0.2, -0.15) is 0 Å². The van der Waals surface area contributed by atoms with E-state index in [-0.39, 0.29) is 6.04 Å². The second-order valence-corrected chi connectivity index (χ2v) is 4.27. The maximum atomic E-state index is 5.79. The van der Waals surface area contributed by atoms with E-state index in [0.717, 1.165) is 17.9 Å². The molecule has 88 valence electrons. The van der Waals surface area contributed by atoms with Gasteiger partial charge in [-0.15, -0.1) is 6.58 Å². The Bertz CT molecular complexity index is 328. The topological polar surface area (TPSA) is 42.1 Å². The van der Waals surface area contributed by atoms with Gasteiger partial charge in [0, 0.05) is 24.8 Å². The highest BCUT2D eigenvalue weighted by Crippen LogP contribution is 2.16. The highest BCUT2D eigenvalue weighted by atomic mass is 15.2. The summed E-state index contributed by atoms with van der Waals surface area (Å²) in [7, 11) is 0. The average molecular weight is 219 g/mol. The number of nitrogens with two attached hydrogens (primary N) is 1. The van der Waals surface area contributed by atoms with Gasteiger partial charge < -0.3 is 10.6 Å². The summed E-state index contributed by atoms with van der Waals surface area (Å²) in [5, 5.41) is 0. The van der Waals surface area contributed by atoms with E-state index >= 15 is 0 Å². The monoisotopic (exact) mass is 219 g/mol. The molecule has 0 spiro atoms. The summed E-state index contributed by atoms with van der Waals surface area (Å²) in [6, 6.07) is 4.49. The average Bonchev–Trinajstić information content (AvgIpc) is 2.25. The van der Waals surface area contributed by atoms with Crippen LogP contribution in [0.4, 0.5) is 5.82 Å². The van der Waals surface area contributed by atoms with E-state index in [1.165, 1.54) is 0 Å². The third-order valence-electron chi connectivity index (χ3n) is 2.54. The van der Waals surface area contributed by atoms with Gasteiger partial charge in [-0.3, -0.25) is 0 Å². The highest BCUT2D eigenvalue weighted by molar-refractivity contribution is 5.41. The Kier molecular flexibility index (Phi) is 4.50. The Morgan fingerprint density at radius 1 is 1.44 bits per heavy atom. The summed E-state index contributed by atoms with van der Waals surface area (Å²) in [4.78, 5) is 6.63. The summed E-state index contributed by atoms with van der Waals surface area (Å²) in [5.74, 6) is 0.972. The number of anilines is 1. The van der Waals surface area contributed by atoms with Crippen molar-refractivity contribution in [3.8, 4) is 0 Å². The second-order valence-electron chi connectivity index (χ2n) is 4.27. The van der Waals surface area contributed by atoms with Crippen molar-refractivity contribution in [1.29, 1.82) is 0 Å². The lowest BCUT2D eigenvalue weighted by molar-refractivity contribution is 0.710. The number of pyridine rings is 1. The van der Waals surface area contributed by atoms with Crippen molar-refractivity contribution in [2.75, 3.05) is 11.4 Å². The maximum Gasteiger partial charge on any atom is 0.128 e. The van der Waals surface area contributed by atoms with Crippen LogP contribution in [0.15, 0.2) is 31.0 Å². The van der Waals surface area contributed by atoms with Crippen molar-refractivity contribution in [2.24, 2.45) is 5.73 Å². The van der Waals surface area contributed by atoms with Crippen LogP contribution < -0.4 is 10.6 Å². The molecule has 16 heavy (non-hydrogen) atoms. The normalized spacial score (nSPS) is 12.6. The molecule has 3 nitrogen and oxygen atoms in total. The van der Waals surface area contributed by atoms with Crippen molar-refractivity contribution in [2.45, 2.75) is 32.9 Å². The molecule has 0 saturated heterocycles. The molecule has 0 aromatic carbocycles. The number of rotatable bonds is 5. The Morgan fingerprint density at radius 3 is 2.50 bits per heavy atom. The van der Waals surface area contributed by atoms with Crippen LogP contribution in [0.25, 0.3) is 0 Å². The van der Waals surface area contributed by atoms with Crippen molar-refractivity contribution in [3.63, 3.8) is 0 Å². The molecule has 0 aliphatic heterocycles. The largest absolute Gasteiger partial charge is 0.350 e. The molecule has 1 atom stereocenters. The van der Waals surface area contributed by atoms with Crippen molar-refractivity contribution >= 4 is 5.82 Å². The Hall–Kier alpha value is -1.35. The molecule has 1 heterocycles. The van der Waals surface area contributed by atoms with Crippen LogP contribution in [0, 0.1) is 0 Å². The van der Waals surface area contributed by atoms with Gasteiger partial charge in [0.25, 0.3) is 0 Å². The Labute approximate surface area is 98.0 Å². The van der Waals surface area contributed by atoms with Gasteiger partial charge in [-0.05, 0) is 32.4 Å². The van der Waals surface area contributed by atoms with E-state index in [4.69, 9.17) is 5.73 Å². The van der Waals surface area contributed by atoms with Crippen molar-refractivity contribution in [3.05, 3.63) is 36.5 Å². The molecule has 2 N–H and O–H groups in total. The minimum Gasteiger partial charge on any atom is -0.350 e. The molecule has 0 aliphatic rings. The van der Waals surface area contributed by atoms with Gasteiger partial charge in [0.05, 0.1) is 0 Å². The van der Waals surface area contributed by atoms with Crippen LogP contribution in [0.3, 0.4) is 0 Å². The first-order valence-corrected chi connectivity index (χ1v) is 5.65. The number of aromatic nitrogens is 1. The fourth-order valence-corrected chi connectivity index (χ4v) is 1.54. The molecule has 3 heteroatoms. The van der Waals surface area contributed by atoms with Crippen LogP contribution in [0.2, 0.25) is 0 Å². The third-order valence-corrected chi connectivity index (χ3v) is 2.54. The molecule has 0 amide bonds. The third kappa shape index (κ3) is 3.07. The van der Waals surface area contributed by atoms with Gasteiger partial charge in [0.2, 0.25) is 0 Å². The quantitative estimate of drug-likeness (QED) is 0.774. The van der Waals surface area contributed by atoms with Gasteiger partial charge >= 0.3 is 0 Å². The molecular weight excluding hydrogens is 198 g/mol. The lowest BCUT2D eigenvalue weighted by Crippen LogP contribution is -2.31. The van der Waals surface area contributed by atoms with Gasteiger partial charge in [0.15, 0.2) is 0 Å². The van der Waals surface area contributed by atoms with E-state index in [0.29, 0.717) is 6.04 Å². The van der Waals surface area contributed by atoms with E-state index < -0.39 is 0 Å². The Morgan fingerprint density at radius 2 is 2.12 bits per heavy atom. The summed E-state index contributed by atoms with van der Waals surface area (Å²) in [6.07, 6.45) is 3.74. The molecule has 1 rings (SSSR count). The fourth-order valence-electron chi connectivity index (χ4n) is 1.54. The molecule has 0 saturated carbocycles. The minimum absolute atomic E-state index is 0.0356. The van der Waals surface area contributed by atoms with Gasteiger partial charge in [0.1, 0.15) is 5.82 Å². The number of nitrogens with zero attached hydrogens (tertiary/aromatic N) is 2. The first-order chi connectivity index (χ1) is 7.56. The Balaban J connectivity index is 2.89. The lowest BCUT2D eigenvalue weighted by atomic mass is 10.1. The van der Waals surface area contributed by atoms with Crippen LogP contribution in [-0.4, -0.2) is 17.6 Å². The first kappa shape index (κ1) is 12.7. The summed E-state index contributed by atoms with van der Waals surface area (Å²) in [5.41, 5.74) is 6.85. The molecule has 1 aromatic heterocycles. The van der Waals surface area contributed by atoms with E-state index in [1.807, 2.05) is 31.3 Å². The first-order valence-electron chi connectivity index (χ1n) is 5.65. The maximum absolute atomic E-state index is 5.79. The molecule has 0 aliphatic carbocycles. The van der Waals surface area contributed by atoms with E-state index in [1.54, 1.807) is 0 Å². The summed E-state index contributed by atoms with van der Waals surface area (Å²) < 4.78 is 0. The highest BCUT2D eigenvalue weighted by Gasteiger charge is 2.10. The standard InChI is InChI=1S/C13H21N3/c1-5-8-16(10(2)3)13-7-6-12(9-15-13)11(4)14/h5-7,9-11H,1,8,14H2,2-4H3/t11-/m1/s1. The van der Waals surface area contributed by atoms with Gasteiger partial charge in [-0.25, -0.2) is 4.98 Å². The molecule has 0 radical (unpaired) electrons. The fraction of sp³-hybridized carbons (Fsp3) is 0.462. The lowest BCUT2D eigenvalue weighted by Gasteiger charge is -2.26. The van der Waals surface area contributed by atoms with Crippen LogP contribution in [0.5, 0.6) is 0 Å².